The van der Waals surface area contributed by atoms with E-state index in [2.05, 4.69) is 17.2 Å². The monoisotopic (exact) mass is 496 g/mol. The molecule has 176 valence electrons. The van der Waals surface area contributed by atoms with E-state index in [0.29, 0.717) is 32.8 Å². The number of carbonyl (C=O) groups excluding carboxylic acids is 1. The Morgan fingerprint density at radius 2 is 1.91 bits per heavy atom. The number of thioether (sulfide) groups is 1. The minimum absolute atomic E-state index is 0.235. The largest absolute Gasteiger partial charge is 0.369 e. The molecule has 1 aliphatic heterocycles. The minimum atomic E-state index is -0.340. The lowest BCUT2D eigenvalue weighted by molar-refractivity contribution is -0.122. The molecule has 0 aliphatic carbocycles. The number of nitrogens with zero attached hydrogens (tertiary/aromatic N) is 3. The zero-order valence-corrected chi connectivity index (χ0v) is 20.6. The van der Waals surface area contributed by atoms with E-state index in [1.165, 1.54) is 21.4 Å². The molecule has 0 bridgehead atoms. The number of carbonyl (C=O) groups is 1. The molecule has 0 saturated carbocycles. The first-order valence-electron chi connectivity index (χ1n) is 11.1. The van der Waals surface area contributed by atoms with E-state index in [-0.39, 0.29) is 23.8 Å². The maximum absolute atomic E-state index is 13.4. The number of rotatable bonds is 8. The smallest absolute Gasteiger partial charge is 0.267 e. The van der Waals surface area contributed by atoms with E-state index in [4.69, 9.17) is 12.2 Å². The van der Waals surface area contributed by atoms with Crippen molar-refractivity contribution >= 4 is 51.7 Å². The maximum Gasteiger partial charge on any atom is 0.267 e. The lowest BCUT2D eigenvalue weighted by atomic mass is 10.2. The molecule has 2 aromatic heterocycles. The predicted octanol–water partition coefficient (Wildman–Crippen LogP) is 5.15. The van der Waals surface area contributed by atoms with Gasteiger partial charge in [0, 0.05) is 12.7 Å². The van der Waals surface area contributed by atoms with Gasteiger partial charge in [-0.25, -0.2) is 9.37 Å². The lowest BCUT2D eigenvalue weighted by Gasteiger charge is -2.14. The number of pyridine rings is 1. The van der Waals surface area contributed by atoms with Gasteiger partial charge in [0.1, 0.15) is 21.6 Å². The normalized spacial score (nSPS) is 15.0. The van der Waals surface area contributed by atoms with Crippen molar-refractivity contribution in [2.45, 2.75) is 39.7 Å². The summed E-state index contributed by atoms with van der Waals surface area (Å²) in [5.41, 5.74) is 2.30. The molecule has 1 aliphatic rings. The van der Waals surface area contributed by atoms with Crippen molar-refractivity contribution in [2.24, 2.45) is 0 Å². The van der Waals surface area contributed by atoms with Crippen molar-refractivity contribution in [1.82, 2.24) is 14.3 Å². The molecule has 0 unspecified atom stereocenters. The van der Waals surface area contributed by atoms with E-state index >= 15 is 0 Å². The first-order valence-corrected chi connectivity index (χ1v) is 12.4. The topological polar surface area (TPSA) is 66.7 Å². The van der Waals surface area contributed by atoms with E-state index in [0.717, 1.165) is 42.2 Å². The first-order chi connectivity index (χ1) is 16.4. The van der Waals surface area contributed by atoms with Crippen LogP contribution in [0.3, 0.4) is 0 Å². The fraction of sp³-hybridized carbons (Fsp3) is 0.280. The fourth-order valence-corrected chi connectivity index (χ4v) is 4.88. The Hall–Kier alpha value is -3.04. The van der Waals surface area contributed by atoms with Crippen LogP contribution in [0.25, 0.3) is 11.7 Å². The summed E-state index contributed by atoms with van der Waals surface area (Å²) in [4.78, 5) is 33.0. The van der Waals surface area contributed by atoms with Gasteiger partial charge in [-0.3, -0.25) is 18.9 Å². The summed E-state index contributed by atoms with van der Waals surface area (Å²) >= 11 is 6.58. The molecular formula is C25H25FN4O2S2. The summed E-state index contributed by atoms with van der Waals surface area (Å²) < 4.78 is 15.1. The Morgan fingerprint density at radius 3 is 2.65 bits per heavy atom. The number of thiocarbonyl (C=S) groups is 1. The molecule has 3 heterocycles. The average molecular weight is 497 g/mol. The van der Waals surface area contributed by atoms with Crippen LogP contribution in [-0.4, -0.2) is 31.1 Å². The van der Waals surface area contributed by atoms with E-state index < -0.39 is 0 Å². The number of aryl methyl sites for hydroxylation is 1. The molecular weight excluding hydrogens is 471 g/mol. The van der Waals surface area contributed by atoms with Crippen molar-refractivity contribution in [2.75, 3.05) is 11.9 Å². The zero-order chi connectivity index (χ0) is 24.2. The number of benzene rings is 1. The number of hydrogen-bond acceptors (Lipinski definition) is 6. The Labute approximate surface area is 206 Å². The molecule has 34 heavy (non-hydrogen) atoms. The second-order valence-electron chi connectivity index (χ2n) is 8.14. The van der Waals surface area contributed by atoms with E-state index in [1.54, 1.807) is 30.5 Å². The molecule has 1 saturated heterocycles. The number of nitrogens with one attached hydrogen (secondary N) is 1. The number of halogens is 1. The number of fused-ring (bicyclic) bond motifs is 1. The Balaban J connectivity index is 1.69. The van der Waals surface area contributed by atoms with Crippen LogP contribution in [0.4, 0.5) is 10.2 Å². The van der Waals surface area contributed by atoms with Gasteiger partial charge in [-0.2, -0.15) is 0 Å². The number of anilines is 1. The Kier molecular flexibility index (Phi) is 7.43. The van der Waals surface area contributed by atoms with Crippen molar-refractivity contribution < 1.29 is 9.18 Å². The van der Waals surface area contributed by atoms with Crippen molar-refractivity contribution in [3.63, 3.8) is 0 Å². The molecule has 1 amide bonds. The second-order valence-corrected chi connectivity index (χ2v) is 9.82. The number of hydrogen-bond donors (Lipinski definition) is 1. The quantitative estimate of drug-likeness (QED) is 0.264. The third-order valence-corrected chi connectivity index (χ3v) is 6.86. The summed E-state index contributed by atoms with van der Waals surface area (Å²) in [6.45, 7) is 4.94. The third kappa shape index (κ3) is 5.20. The van der Waals surface area contributed by atoms with Gasteiger partial charge in [0.15, 0.2) is 0 Å². The summed E-state index contributed by atoms with van der Waals surface area (Å²) in [7, 11) is 0. The van der Waals surface area contributed by atoms with Crippen LogP contribution >= 0.6 is 24.0 Å². The molecule has 9 heteroatoms. The number of amides is 1. The minimum Gasteiger partial charge on any atom is -0.369 e. The van der Waals surface area contributed by atoms with Gasteiger partial charge in [-0.1, -0.05) is 61.9 Å². The van der Waals surface area contributed by atoms with Gasteiger partial charge >= 0.3 is 0 Å². The van der Waals surface area contributed by atoms with Crippen LogP contribution in [0.2, 0.25) is 0 Å². The molecule has 1 aromatic carbocycles. The fourth-order valence-electron chi connectivity index (χ4n) is 3.65. The standard InChI is InChI=1S/C25H25FN4O2S2/c1-3-4-5-12-27-22-19(23(31)29-14-16(2)6-11-21(29)28-22)13-20-24(32)30(25(33)34-20)15-17-7-9-18(26)10-8-17/h6-11,13-14,27H,3-5,12,15H2,1-2H3. The van der Waals surface area contributed by atoms with Crippen LogP contribution in [0.1, 0.15) is 42.9 Å². The SMILES string of the molecule is CCCCCNc1nc2ccc(C)cn2c(=O)c1C=C1SC(=S)N(Cc2ccc(F)cc2)C1=O. The van der Waals surface area contributed by atoms with Gasteiger partial charge in [-0.05, 0) is 48.7 Å². The lowest BCUT2D eigenvalue weighted by Crippen LogP contribution is -2.27. The number of aromatic nitrogens is 2. The molecule has 3 aromatic rings. The van der Waals surface area contributed by atoms with Crippen LogP contribution in [0.15, 0.2) is 52.3 Å². The van der Waals surface area contributed by atoms with E-state index in [9.17, 15) is 14.0 Å². The van der Waals surface area contributed by atoms with Crippen LogP contribution in [0.5, 0.6) is 0 Å². The van der Waals surface area contributed by atoms with E-state index in [1.807, 2.05) is 13.0 Å². The maximum atomic E-state index is 13.4. The summed E-state index contributed by atoms with van der Waals surface area (Å²) in [6.07, 6.45) is 6.41. The number of unbranched alkanes of at least 4 members (excludes halogenated alkanes) is 2. The van der Waals surface area contributed by atoms with Crippen LogP contribution in [-0.2, 0) is 11.3 Å². The van der Waals surface area contributed by atoms with Gasteiger partial charge in [0.25, 0.3) is 11.5 Å². The van der Waals surface area contributed by atoms with Crippen LogP contribution in [0, 0.1) is 12.7 Å². The van der Waals surface area contributed by atoms with Crippen molar-refractivity contribution in [3.8, 4) is 0 Å². The third-order valence-electron chi connectivity index (χ3n) is 5.48. The predicted molar refractivity (Wildman–Crippen MR) is 139 cm³/mol. The van der Waals surface area contributed by atoms with Crippen molar-refractivity contribution in [3.05, 3.63) is 80.4 Å². The summed E-state index contributed by atoms with van der Waals surface area (Å²) in [5, 5.41) is 3.28. The first kappa shape index (κ1) is 24.1. The molecule has 0 radical (unpaired) electrons. The van der Waals surface area contributed by atoms with Gasteiger partial charge < -0.3 is 5.32 Å². The highest BCUT2D eigenvalue weighted by molar-refractivity contribution is 8.26. The highest BCUT2D eigenvalue weighted by atomic mass is 32.2. The van der Waals surface area contributed by atoms with Crippen LogP contribution < -0.4 is 10.9 Å². The molecule has 1 fully saturated rings. The van der Waals surface area contributed by atoms with Gasteiger partial charge in [0.2, 0.25) is 0 Å². The highest BCUT2D eigenvalue weighted by Gasteiger charge is 2.32. The van der Waals surface area contributed by atoms with Gasteiger partial charge in [0.05, 0.1) is 17.0 Å². The molecule has 6 nitrogen and oxygen atoms in total. The zero-order valence-electron chi connectivity index (χ0n) is 19.0. The summed E-state index contributed by atoms with van der Waals surface area (Å²) in [5.74, 6) is -0.175. The van der Waals surface area contributed by atoms with Crippen molar-refractivity contribution in [1.29, 1.82) is 0 Å². The molecule has 0 atom stereocenters. The molecule has 1 N–H and O–H groups in total. The highest BCUT2D eigenvalue weighted by Crippen LogP contribution is 2.34. The van der Waals surface area contributed by atoms with Gasteiger partial charge in [-0.15, -0.1) is 0 Å². The average Bonchev–Trinajstić information content (AvgIpc) is 3.08. The Bertz CT molecular complexity index is 1340. The summed E-state index contributed by atoms with van der Waals surface area (Å²) in [6, 6.07) is 9.66. The second kappa shape index (κ2) is 10.5. The molecule has 4 rings (SSSR count). The Morgan fingerprint density at radius 1 is 1.15 bits per heavy atom. The molecule has 0 spiro atoms.